The molecular weight excluding hydrogens is 424 g/mol. The molecule has 0 saturated carbocycles. The highest BCUT2D eigenvalue weighted by atomic mass is 16.5. The SMILES string of the molecule is O[C@H](c1cccnc1)c1ccc2c(c1)CN(Cc1cccc(OCc3ccccc3)c1)CCO2. The van der Waals surface area contributed by atoms with Crippen molar-refractivity contribution in [1.29, 1.82) is 0 Å². The molecule has 5 nitrogen and oxygen atoms in total. The van der Waals surface area contributed by atoms with Gasteiger partial charge in [0.2, 0.25) is 0 Å². The largest absolute Gasteiger partial charge is 0.492 e. The molecule has 1 aliphatic rings. The molecule has 0 saturated heterocycles. The summed E-state index contributed by atoms with van der Waals surface area (Å²) in [7, 11) is 0. The third-order valence-electron chi connectivity index (χ3n) is 6.01. The Balaban J connectivity index is 1.27. The third kappa shape index (κ3) is 5.45. The number of aromatic nitrogens is 1. The van der Waals surface area contributed by atoms with Crippen LogP contribution < -0.4 is 9.47 Å². The van der Waals surface area contributed by atoms with Gasteiger partial charge in [-0.25, -0.2) is 0 Å². The molecule has 0 spiro atoms. The molecule has 0 aliphatic carbocycles. The molecule has 0 unspecified atom stereocenters. The maximum Gasteiger partial charge on any atom is 0.123 e. The molecule has 0 amide bonds. The summed E-state index contributed by atoms with van der Waals surface area (Å²) in [6, 6.07) is 28.1. The lowest BCUT2D eigenvalue weighted by molar-refractivity contribution is 0.218. The number of hydrogen-bond acceptors (Lipinski definition) is 5. The first-order chi connectivity index (χ1) is 16.7. The molecule has 1 aromatic heterocycles. The van der Waals surface area contributed by atoms with Gasteiger partial charge in [-0.3, -0.25) is 9.88 Å². The van der Waals surface area contributed by atoms with Crippen LogP contribution in [0.15, 0.2) is 97.3 Å². The van der Waals surface area contributed by atoms with Crippen LogP contribution in [0.2, 0.25) is 0 Å². The van der Waals surface area contributed by atoms with Gasteiger partial charge < -0.3 is 14.6 Å². The van der Waals surface area contributed by atoms with Crippen molar-refractivity contribution in [3.8, 4) is 11.5 Å². The van der Waals surface area contributed by atoms with Crippen molar-refractivity contribution >= 4 is 0 Å². The van der Waals surface area contributed by atoms with Crippen molar-refractivity contribution < 1.29 is 14.6 Å². The highest BCUT2D eigenvalue weighted by molar-refractivity contribution is 5.41. The maximum absolute atomic E-state index is 10.8. The first kappa shape index (κ1) is 22.1. The first-order valence-electron chi connectivity index (χ1n) is 11.6. The van der Waals surface area contributed by atoms with Gasteiger partial charge in [0.1, 0.15) is 30.8 Å². The third-order valence-corrected chi connectivity index (χ3v) is 6.01. The van der Waals surface area contributed by atoms with Gasteiger partial charge in [0.15, 0.2) is 0 Å². The van der Waals surface area contributed by atoms with Gasteiger partial charge in [0.05, 0.1) is 0 Å². The van der Waals surface area contributed by atoms with E-state index in [4.69, 9.17) is 9.47 Å². The van der Waals surface area contributed by atoms with Gasteiger partial charge >= 0.3 is 0 Å². The Labute approximate surface area is 200 Å². The van der Waals surface area contributed by atoms with Crippen LogP contribution in [0.1, 0.15) is 33.9 Å². The standard InChI is InChI=1S/C29H28N2O3/c32-29(25-9-5-13-30-18-25)24-11-12-28-26(17-24)20-31(14-15-33-28)19-23-8-4-10-27(16-23)34-21-22-6-2-1-3-7-22/h1-13,16-18,29,32H,14-15,19-21H2/t29-/m0/s1. The zero-order valence-electron chi connectivity index (χ0n) is 19.0. The Kier molecular flexibility index (Phi) is 6.84. The van der Waals surface area contributed by atoms with Crippen molar-refractivity contribution in [2.24, 2.45) is 0 Å². The Hall–Kier alpha value is -3.67. The summed E-state index contributed by atoms with van der Waals surface area (Å²) in [5.74, 6) is 1.75. The molecule has 1 aliphatic heterocycles. The van der Waals surface area contributed by atoms with Gasteiger partial charge in [-0.05, 0) is 47.0 Å². The van der Waals surface area contributed by atoms with E-state index >= 15 is 0 Å². The van der Waals surface area contributed by atoms with Crippen LogP contribution in [-0.2, 0) is 19.7 Å². The van der Waals surface area contributed by atoms with Crippen LogP contribution in [0.5, 0.6) is 11.5 Å². The number of ether oxygens (including phenoxy) is 2. The van der Waals surface area contributed by atoms with Crippen molar-refractivity contribution in [3.63, 3.8) is 0 Å². The highest BCUT2D eigenvalue weighted by Gasteiger charge is 2.19. The summed E-state index contributed by atoms with van der Waals surface area (Å²) in [5, 5.41) is 10.8. The molecule has 0 fully saturated rings. The number of pyridine rings is 1. The molecule has 3 aromatic carbocycles. The number of hydrogen-bond donors (Lipinski definition) is 1. The van der Waals surface area contributed by atoms with Crippen LogP contribution in [-0.4, -0.2) is 28.1 Å². The zero-order chi connectivity index (χ0) is 23.2. The van der Waals surface area contributed by atoms with E-state index in [1.54, 1.807) is 12.4 Å². The Morgan fingerprint density at radius 2 is 1.79 bits per heavy atom. The van der Waals surface area contributed by atoms with E-state index in [1.165, 1.54) is 5.56 Å². The van der Waals surface area contributed by atoms with Crippen molar-refractivity contribution in [1.82, 2.24) is 9.88 Å². The molecule has 1 N–H and O–H groups in total. The smallest absolute Gasteiger partial charge is 0.123 e. The molecule has 4 aromatic rings. The summed E-state index contributed by atoms with van der Waals surface area (Å²) in [5.41, 5.74) is 5.04. The molecule has 0 bridgehead atoms. The second kappa shape index (κ2) is 10.5. The van der Waals surface area contributed by atoms with E-state index in [1.807, 2.05) is 60.7 Å². The summed E-state index contributed by atoms with van der Waals surface area (Å²) in [6.45, 7) is 3.54. The first-order valence-corrected chi connectivity index (χ1v) is 11.6. The zero-order valence-corrected chi connectivity index (χ0v) is 19.0. The second-order valence-electron chi connectivity index (χ2n) is 8.54. The highest BCUT2D eigenvalue weighted by Crippen LogP contribution is 2.30. The molecular formula is C29H28N2O3. The monoisotopic (exact) mass is 452 g/mol. The number of aliphatic hydroxyl groups excluding tert-OH is 1. The average molecular weight is 453 g/mol. The number of rotatable bonds is 7. The number of fused-ring (bicyclic) bond motifs is 1. The number of nitrogens with zero attached hydrogens (tertiary/aromatic N) is 2. The summed E-state index contributed by atoms with van der Waals surface area (Å²) < 4.78 is 12.0. The average Bonchev–Trinajstić information content (AvgIpc) is 3.09. The molecule has 5 rings (SSSR count). The summed E-state index contributed by atoms with van der Waals surface area (Å²) in [6.07, 6.45) is 2.70. The second-order valence-corrected chi connectivity index (χ2v) is 8.54. The molecule has 1 atom stereocenters. The van der Waals surface area contributed by atoms with E-state index in [2.05, 4.69) is 34.1 Å². The Morgan fingerprint density at radius 3 is 2.65 bits per heavy atom. The molecule has 5 heteroatoms. The van der Waals surface area contributed by atoms with Gasteiger partial charge in [-0.2, -0.15) is 0 Å². The molecule has 2 heterocycles. The quantitative estimate of drug-likeness (QED) is 0.421. The fourth-order valence-corrected chi connectivity index (χ4v) is 4.24. The van der Waals surface area contributed by atoms with Crippen LogP contribution in [0.25, 0.3) is 0 Å². The predicted molar refractivity (Wildman–Crippen MR) is 132 cm³/mol. The van der Waals surface area contributed by atoms with E-state index in [0.717, 1.165) is 53.4 Å². The van der Waals surface area contributed by atoms with Gasteiger partial charge in [0.25, 0.3) is 0 Å². The lowest BCUT2D eigenvalue weighted by Gasteiger charge is -2.20. The van der Waals surface area contributed by atoms with Crippen molar-refractivity contribution in [2.45, 2.75) is 25.8 Å². The minimum absolute atomic E-state index is 0.553. The van der Waals surface area contributed by atoms with Crippen molar-refractivity contribution in [2.75, 3.05) is 13.2 Å². The fraction of sp³-hybridized carbons (Fsp3) is 0.207. The van der Waals surface area contributed by atoms with Gasteiger partial charge in [0, 0.05) is 43.2 Å². The van der Waals surface area contributed by atoms with Gasteiger partial charge in [-0.1, -0.05) is 54.6 Å². The minimum Gasteiger partial charge on any atom is -0.492 e. The summed E-state index contributed by atoms with van der Waals surface area (Å²) >= 11 is 0. The molecule has 34 heavy (non-hydrogen) atoms. The van der Waals surface area contributed by atoms with Crippen LogP contribution >= 0.6 is 0 Å². The van der Waals surface area contributed by atoms with Gasteiger partial charge in [-0.15, -0.1) is 0 Å². The Bertz CT molecular complexity index is 1210. The van der Waals surface area contributed by atoms with E-state index in [9.17, 15) is 5.11 Å². The lowest BCUT2D eigenvalue weighted by atomic mass is 10.00. The van der Waals surface area contributed by atoms with Crippen LogP contribution in [0.3, 0.4) is 0 Å². The maximum atomic E-state index is 10.8. The summed E-state index contributed by atoms with van der Waals surface area (Å²) in [4.78, 5) is 6.49. The Morgan fingerprint density at radius 1 is 0.912 bits per heavy atom. The molecule has 172 valence electrons. The van der Waals surface area contributed by atoms with E-state index in [0.29, 0.717) is 13.2 Å². The van der Waals surface area contributed by atoms with Crippen LogP contribution in [0, 0.1) is 0 Å². The number of aliphatic hydroxyl groups is 1. The van der Waals surface area contributed by atoms with E-state index in [-0.39, 0.29) is 0 Å². The minimum atomic E-state index is -0.714. The van der Waals surface area contributed by atoms with Crippen LogP contribution in [0.4, 0.5) is 0 Å². The van der Waals surface area contributed by atoms with Crippen molar-refractivity contribution in [3.05, 3.63) is 125 Å². The fourth-order valence-electron chi connectivity index (χ4n) is 4.24. The topological polar surface area (TPSA) is 54.8 Å². The lowest BCUT2D eigenvalue weighted by Crippen LogP contribution is -2.25. The predicted octanol–water partition coefficient (Wildman–Crippen LogP) is 5.14. The molecule has 0 radical (unpaired) electrons. The normalized spacial score (nSPS) is 14.5. The van der Waals surface area contributed by atoms with E-state index < -0.39 is 6.10 Å². The number of benzene rings is 3.